The van der Waals surface area contributed by atoms with Gasteiger partial charge in [0.15, 0.2) is 5.82 Å². The molecular formula is C17H10ClF3N6O. The normalized spacial score (nSPS) is 11.9. The molecule has 4 aromatic rings. The highest BCUT2D eigenvalue weighted by Crippen LogP contribution is 2.29. The summed E-state index contributed by atoms with van der Waals surface area (Å²) in [5, 5.41) is 12.0. The molecule has 0 N–H and O–H groups in total. The van der Waals surface area contributed by atoms with E-state index in [1.807, 2.05) is 0 Å². The van der Waals surface area contributed by atoms with Gasteiger partial charge in [-0.3, -0.25) is 9.36 Å². The summed E-state index contributed by atoms with van der Waals surface area (Å²) in [5.74, 6) is 0.255. The van der Waals surface area contributed by atoms with Gasteiger partial charge in [-0.1, -0.05) is 11.6 Å². The van der Waals surface area contributed by atoms with Crippen molar-refractivity contribution in [3.63, 3.8) is 0 Å². The van der Waals surface area contributed by atoms with Gasteiger partial charge in [0.2, 0.25) is 0 Å². The number of fused-ring (bicyclic) bond motifs is 1. The Balaban J connectivity index is 1.70. The molecule has 28 heavy (non-hydrogen) atoms. The molecule has 0 amide bonds. The molecule has 0 aliphatic carbocycles. The number of hydrogen-bond donors (Lipinski definition) is 0. The van der Waals surface area contributed by atoms with Crippen molar-refractivity contribution in [2.45, 2.75) is 12.7 Å². The van der Waals surface area contributed by atoms with Gasteiger partial charge in [0.05, 0.1) is 35.0 Å². The molecule has 0 radical (unpaired) electrons. The number of hydrogen-bond acceptors (Lipinski definition) is 5. The monoisotopic (exact) mass is 406 g/mol. The fraction of sp³-hybridized carbons (Fsp3) is 0.118. The molecule has 11 heteroatoms. The van der Waals surface area contributed by atoms with E-state index in [-0.39, 0.29) is 17.9 Å². The van der Waals surface area contributed by atoms with E-state index in [0.717, 1.165) is 12.1 Å². The molecule has 0 unspecified atom stereocenters. The first-order valence-electron chi connectivity index (χ1n) is 7.92. The number of aromatic nitrogens is 6. The van der Waals surface area contributed by atoms with Gasteiger partial charge in [0.25, 0.3) is 5.56 Å². The number of halogens is 4. The zero-order chi connectivity index (χ0) is 19.9. The summed E-state index contributed by atoms with van der Waals surface area (Å²) in [6.45, 7) is -0.0255. The summed E-state index contributed by atoms with van der Waals surface area (Å²) >= 11 is 5.94. The van der Waals surface area contributed by atoms with Crippen LogP contribution < -0.4 is 5.56 Å². The van der Waals surface area contributed by atoms with E-state index >= 15 is 0 Å². The number of tetrazole rings is 1. The van der Waals surface area contributed by atoms with Crippen LogP contribution in [-0.2, 0) is 12.7 Å². The lowest BCUT2D eigenvalue weighted by Gasteiger charge is -2.09. The zero-order valence-electron chi connectivity index (χ0n) is 13.9. The number of rotatable bonds is 3. The molecule has 0 atom stereocenters. The van der Waals surface area contributed by atoms with Gasteiger partial charge in [-0.25, -0.2) is 4.98 Å². The largest absolute Gasteiger partial charge is 0.416 e. The standard InChI is InChI=1S/C17H10ClF3N6O/c18-11-3-6-14-13(7-11)16(28)26(9-22-14)8-15-23-24-25-27(15)12-4-1-10(2-5-12)17(19,20)21/h1-7,9H,8H2. The number of benzene rings is 2. The van der Waals surface area contributed by atoms with Crippen LogP contribution in [0.1, 0.15) is 11.4 Å². The molecular weight excluding hydrogens is 397 g/mol. The first-order chi connectivity index (χ1) is 13.3. The van der Waals surface area contributed by atoms with Crippen LogP contribution in [0.4, 0.5) is 13.2 Å². The number of alkyl halides is 3. The summed E-state index contributed by atoms with van der Waals surface area (Å²) in [7, 11) is 0. The van der Waals surface area contributed by atoms with Gasteiger partial charge >= 0.3 is 6.18 Å². The van der Waals surface area contributed by atoms with Crippen LogP contribution >= 0.6 is 11.6 Å². The van der Waals surface area contributed by atoms with Gasteiger partial charge in [-0.15, -0.1) is 5.10 Å². The third-order valence-corrected chi connectivity index (χ3v) is 4.31. The molecule has 0 saturated carbocycles. The van der Waals surface area contributed by atoms with Crippen molar-refractivity contribution < 1.29 is 13.2 Å². The van der Waals surface area contributed by atoms with Gasteiger partial charge in [0.1, 0.15) is 0 Å². The maximum absolute atomic E-state index is 12.7. The lowest BCUT2D eigenvalue weighted by Crippen LogP contribution is -2.23. The third kappa shape index (κ3) is 3.33. The van der Waals surface area contributed by atoms with Gasteiger partial charge in [-0.2, -0.15) is 17.9 Å². The van der Waals surface area contributed by atoms with Crippen LogP contribution in [0.3, 0.4) is 0 Å². The van der Waals surface area contributed by atoms with Crippen molar-refractivity contribution in [2.75, 3.05) is 0 Å². The topological polar surface area (TPSA) is 78.5 Å². The SMILES string of the molecule is O=c1c2cc(Cl)ccc2ncn1Cc1nnnn1-c1ccc(C(F)(F)F)cc1. The highest BCUT2D eigenvalue weighted by Gasteiger charge is 2.30. The second kappa shape index (κ2) is 6.71. The lowest BCUT2D eigenvalue weighted by atomic mass is 10.2. The first kappa shape index (κ1) is 18.1. The Kier molecular flexibility index (Phi) is 4.34. The summed E-state index contributed by atoms with van der Waals surface area (Å²) < 4.78 is 40.7. The van der Waals surface area contributed by atoms with E-state index in [1.165, 1.54) is 33.8 Å². The Morgan fingerprint density at radius 3 is 2.54 bits per heavy atom. The first-order valence-corrected chi connectivity index (χ1v) is 8.30. The van der Waals surface area contributed by atoms with Crippen molar-refractivity contribution in [3.8, 4) is 5.69 Å². The van der Waals surface area contributed by atoms with E-state index in [1.54, 1.807) is 12.1 Å². The van der Waals surface area contributed by atoms with Gasteiger partial charge < -0.3 is 0 Å². The molecule has 2 heterocycles. The Hall–Kier alpha value is -3.27. The van der Waals surface area contributed by atoms with Crippen molar-refractivity contribution in [3.05, 3.63) is 75.6 Å². The van der Waals surface area contributed by atoms with Gasteiger partial charge in [-0.05, 0) is 52.9 Å². The molecule has 0 saturated heterocycles. The molecule has 0 aliphatic heterocycles. The molecule has 2 aromatic carbocycles. The van der Waals surface area contributed by atoms with Crippen LogP contribution in [0.5, 0.6) is 0 Å². The average molecular weight is 407 g/mol. The average Bonchev–Trinajstić information content (AvgIpc) is 3.12. The van der Waals surface area contributed by atoms with Crippen molar-refractivity contribution >= 4 is 22.5 Å². The predicted octanol–water partition coefficient (Wildman–Crippen LogP) is 3.09. The van der Waals surface area contributed by atoms with Crippen molar-refractivity contribution in [1.82, 2.24) is 29.8 Å². The van der Waals surface area contributed by atoms with Crippen LogP contribution in [0.25, 0.3) is 16.6 Å². The molecule has 142 valence electrons. The molecule has 0 bridgehead atoms. The molecule has 2 aromatic heterocycles. The Morgan fingerprint density at radius 1 is 1.07 bits per heavy atom. The minimum Gasteiger partial charge on any atom is -0.291 e. The van der Waals surface area contributed by atoms with Crippen LogP contribution in [0, 0.1) is 0 Å². The summed E-state index contributed by atoms with van der Waals surface area (Å²) in [6, 6.07) is 9.16. The van der Waals surface area contributed by atoms with Crippen molar-refractivity contribution in [1.29, 1.82) is 0 Å². The molecule has 0 spiro atoms. The highest BCUT2D eigenvalue weighted by molar-refractivity contribution is 6.31. The fourth-order valence-electron chi connectivity index (χ4n) is 2.69. The second-order valence-corrected chi connectivity index (χ2v) is 6.33. The molecule has 7 nitrogen and oxygen atoms in total. The van der Waals surface area contributed by atoms with E-state index in [4.69, 9.17) is 11.6 Å². The number of nitrogens with zero attached hydrogens (tertiary/aromatic N) is 6. The summed E-state index contributed by atoms with van der Waals surface area (Å²) in [6.07, 6.45) is -3.09. The van der Waals surface area contributed by atoms with Crippen LogP contribution in [0.2, 0.25) is 5.02 Å². The minimum absolute atomic E-state index is 0.0255. The Labute approximate surface area is 160 Å². The quantitative estimate of drug-likeness (QED) is 0.522. The van der Waals surface area contributed by atoms with E-state index in [0.29, 0.717) is 21.6 Å². The summed E-state index contributed by atoms with van der Waals surface area (Å²) in [4.78, 5) is 16.9. The van der Waals surface area contributed by atoms with Crippen LogP contribution in [0.15, 0.2) is 53.6 Å². The predicted molar refractivity (Wildman–Crippen MR) is 94.3 cm³/mol. The molecule has 0 aliphatic rings. The Bertz CT molecular complexity index is 1220. The maximum atomic E-state index is 12.7. The third-order valence-electron chi connectivity index (χ3n) is 4.07. The zero-order valence-corrected chi connectivity index (χ0v) is 14.7. The van der Waals surface area contributed by atoms with E-state index < -0.39 is 11.7 Å². The molecule has 4 rings (SSSR count). The smallest absolute Gasteiger partial charge is 0.291 e. The Morgan fingerprint density at radius 2 is 1.82 bits per heavy atom. The summed E-state index contributed by atoms with van der Waals surface area (Å²) in [5.41, 5.74) is -0.294. The second-order valence-electron chi connectivity index (χ2n) is 5.89. The lowest BCUT2D eigenvalue weighted by molar-refractivity contribution is -0.137. The van der Waals surface area contributed by atoms with Crippen molar-refractivity contribution in [2.24, 2.45) is 0 Å². The highest BCUT2D eigenvalue weighted by atomic mass is 35.5. The fourth-order valence-corrected chi connectivity index (χ4v) is 2.86. The molecule has 0 fully saturated rings. The van der Waals surface area contributed by atoms with Gasteiger partial charge in [0, 0.05) is 5.02 Å². The van der Waals surface area contributed by atoms with E-state index in [2.05, 4.69) is 20.5 Å². The van der Waals surface area contributed by atoms with Crippen LogP contribution in [-0.4, -0.2) is 29.8 Å². The minimum atomic E-state index is -4.44. The van der Waals surface area contributed by atoms with E-state index in [9.17, 15) is 18.0 Å². The maximum Gasteiger partial charge on any atom is 0.416 e.